The number of carbonyl (C=O) groups excluding carboxylic acids is 1. The Morgan fingerprint density at radius 1 is 0.381 bits per heavy atom. The SMILES string of the molecule is CCCCCCCCCCCCCC/C=C\CCCCCCCCCCCCCCCCCC(=O)NC(CO)C(O)C(O)CCCCCCCCCCCCCCCCCCCC. The molecule has 0 aliphatic rings. The van der Waals surface area contributed by atoms with E-state index in [9.17, 15) is 20.1 Å². The Balaban J connectivity index is 3.48. The fourth-order valence-corrected chi connectivity index (χ4v) is 9.40. The van der Waals surface area contributed by atoms with E-state index in [0.717, 1.165) is 32.1 Å². The standard InChI is InChI=1S/C58H115NO4/c1-3-5-7-9-11-13-15-17-19-21-23-24-25-26-27-28-29-30-31-32-33-34-35-37-39-41-43-45-47-49-51-53-57(62)59-55(54-60)58(63)56(61)52-50-48-46-44-42-40-38-36-22-20-18-16-14-12-10-8-6-4-2/h26-27,55-56,58,60-61,63H,3-25,28-54H2,1-2H3,(H,59,62)/b27-26-. The lowest BCUT2D eigenvalue weighted by molar-refractivity contribution is -0.124. The number of hydrogen-bond acceptors (Lipinski definition) is 4. The number of carbonyl (C=O) groups is 1. The van der Waals surface area contributed by atoms with E-state index in [1.165, 1.54) is 270 Å². The van der Waals surface area contributed by atoms with Crippen molar-refractivity contribution in [2.75, 3.05) is 6.61 Å². The Kier molecular flexibility index (Phi) is 52.9. The van der Waals surface area contributed by atoms with Crippen LogP contribution in [0.25, 0.3) is 0 Å². The summed E-state index contributed by atoms with van der Waals surface area (Å²) in [5.41, 5.74) is 0. The Morgan fingerprint density at radius 2 is 0.635 bits per heavy atom. The third-order valence-corrected chi connectivity index (χ3v) is 13.9. The molecular formula is C58H115NO4. The monoisotopic (exact) mass is 890 g/mol. The molecule has 0 spiro atoms. The van der Waals surface area contributed by atoms with Crippen LogP contribution in [-0.2, 0) is 4.79 Å². The number of rotatable bonds is 54. The largest absolute Gasteiger partial charge is 0.394 e. The number of hydrogen-bond donors (Lipinski definition) is 4. The van der Waals surface area contributed by atoms with Gasteiger partial charge in [-0.2, -0.15) is 0 Å². The van der Waals surface area contributed by atoms with Gasteiger partial charge in [0.2, 0.25) is 5.91 Å². The Bertz CT molecular complexity index is 894. The van der Waals surface area contributed by atoms with Gasteiger partial charge in [-0.1, -0.05) is 296 Å². The number of aliphatic hydroxyl groups is 3. The van der Waals surface area contributed by atoms with Crippen LogP contribution in [0.4, 0.5) is 0 Å². The van der Waals surface area contributed by atoms with Crippen molar-refractivity contribution in [3.05, 3.63) is 12.2 Å². The maximum Gasteiger partial charge on any atom is 0.220 e. The minimum absolute atomic E-state index is 0.138. The van der Waals surface area contributed by atoms with Crippen LogP contribution >= 0.6 is 0 Å². The summed E-state index contributed by atoms with van der Waals surface area (Å²) in [6, 6.07) is -0.806. The van der Waals surface area contributed by atoms with Crippen LogP contribution in [0.5, 0.6) is 0 Å². The maximum absolute atomic E-state index is 12.5. The van der Waals surface area contributed by atoms with Crippen LogP contribution < -0.4 is 5.32 Å². The van der Waals surface area contributed by atoms with Gasteiger partial charge < -0.3 is 20.6 Å². The van der Waals surface area contributed by atoms with E-state index in [2.05, 4.69) is 31.3 Å². The van der Waals surface area contributed by atoms with Gasteiger partial charge in [0, 0.05) is 6.42 Å². The van der Waals surface area contributed by atoms with E-state index in [1.807, 2.05) is 0 Å². The smallest absolute Gasteiger partial charge is 0.220 e. The second-order valence-electron chi connectivity index (χ2n) is 20.2. The summed E-state index contributed by atoms with van der Waals surface area (Å²) in [5, 5.41) is 33.8. The third-order valence-electron chi connectivity index (χ3n) is 13.9. The fraction of sp³-hybridized carbons (Fsp3) is 0.948. The molecule has 3 unspecified atom stereocenters. The van der Waals surface area contributed by atoms with E-state index in [0.29, 0.717) is 12.8 Å². The number of unbranched alkanes of at least 4 members (excludes halogenated alkanes) is 44. The molecule has 0 saturated heterocycles. The highest BCUT2D eigenvalue weighted by molar-refractivity contribution is 5.76. The minimum Gasteiger partial charge on any atom is -0.394 e. The summed E-state index contributed by atoms with van der Waals surface area (Å²) in [6.45, 7) is 4.22. The molecule has 0 rings (SSSR count). The van der Waals surface area contributed by atoms with Crippen molar-refractivity contribution < 1.29 is 20.1 Å². The lowest BCUT2D eigenvalue weighted by Crippen LogP contribution is -2.50. The van der Waals surface area contributed by atoms with E-state index in [-0.39, 0.29) is 12.5 Å². The molecule has 3 atom stereocenters. The molecule has 0 saturated carbocycles. The second kappa shape index (κ2) is 53.7. The van der Waals surface area contributed by atoms with Crippen molar-refractivity contribution in [2.45, 2.75) is 347 Å². The quantitative estimate of drug-likeness (QED) is 0.0362. The van der Waals surface area contributed by atoms with E-state index < -0.39 is 18.2 Å². The van der Waals surface area contributed by atoms with Crippen molar-refractivity contribution in [3.8, 4) is 0 Å². The number of amides is 1. The van der Waals surface area contributed by atoms with Gasteiger partial charge in [0.15, 0.2) is 0 Å². The molecule has 0 aromatic carbocycles. The molecule has 0 aromatic heterocycles. The molecule has 5 nitrogen and oxygen atoms in total. The summed E-state index contributed by atoms with van der Waals surface area (Å²) in [4.78, 5) is 12.5. The Morgan fingerprint density at radius 3 is 0.921 bits per heavy atom. The molecule has 1 amide bonds. The van der Waals surface area contributed by atoms with Gasteiger partial charge in [-0.3, -0.25) is 4.79 Å². The third kappa shape index (κ3) is 48.8. The highest BCUT2D eigenvalue weighted by atomic mass is 16.3. The summed E-state index contributed by atoms with van der Waals surface area (Å²) in [6.07, 6.45) is 66.6. The minimum atomic E-state index is -1.13. The van der Waals surface area contributed by atoms with E-state index in [4.69, 9.17) is 0 Å². The molecule has 0 radical (unpaired) electrons. The first kappa shape index (κ1) is 62.1. The fourth-order valence-electron chi connectivity index (χ4n) is 9.40. The van der Waals surface area contributed by atoms with Crippen molar-refractivity contribution in [2.24, 2.45) is 0 Å². The molecule has 0 aliphatic heterocycles. The predicted molar refractivity (Wildman–Crippen MR) is 278 cm³/mol. The zero-order valence-corrected chi connectivity index (χ0v) is 43.0. The van der Waals surface area contributed by atoms with Crippen molar-refractivity contribution in [1.29, 1.82) is 0 Å². The molecule has 63 heavy (non-hydrogen) atoms. The number of aliphatic hydroxyl groups excluding tert-OH is 3. The molecule has 0 bridgehead atoms. The van der Waals surface area contributed by atoms with Crippen LogP contribution in [0.15, 0.2) is 12.2 Å². The first-order chi connectivity index (χ1) is 31.1. The Labute approximate surface area is 395 Å². The summed E-state index contributed by atoms with van der Waals surface area (Å²) < 4.78 is 0. The molecule has 0 heterocycles. The first-order valence-electron chi connectivity index (χ1n) is 29.0. The lowest BCUT2D eigenvalue weighted by atomic mass is 9.99. The zero-order valence-electron chi connectivity index (χ0n) is 43.0. The van der Waals surface area contributed by atoms with Crippen molar-refractivity contribution in [1.82, 2.24) is 5.32 Å². The molecule has 5 heteroatoms. The van der Waals surface area contributed by atoms with Gasteiger partial charge >= 0.3 is 0 Å². The van der Waals surface area contributed by atoms with Crippen LogP contribution in [0.2, 0.25) is 0 Å². The summed E-state index contributed by atoms with van der Waals surface area (Å²) in [7, 11) is 0. The van der Waals surface area contributed by atoms with Crippen molar-refractivity contribution in [3.63, 3.8) is 0 Å². The van der Waals surface area contributed by atoms with Gasteiger partial charge in [-0.05, 0) is 38.5 Å². The van der Waals surface area contributed by atoms with Crippen molar-refractivity contribution >= 4 is 5.91 Å². The zero-order chi connectivity index (χ0) is 45.8. The molecular weight excluding hydrogens is 775 g/mol. The van der Waals surface area contributed by atoms with Gasteiger partial charge in [-0.25, -0.2) is 0 Å². The predicted octanol–water partition coefficient (Wildman–Crippen LogP) is 17.9. The van der Waals surface area contributed by atoms with Gasteiger partial charge in [0.25, 0.3) is 0 Å². The molecule has 4 N–H and O–H groups in total. The van der Waals surface area contributed by atoms with E-state index >= 15 is 0 Å². The van der Waals surface area contributed by atoms with Crippen LogP contribution in [0, 0.1) is 0 Å². The lowest BCUT2D eigenvalue weighted by Gasteiger charge is -2.26. The normalized spacial score (nSPS) is 13.3. The molecule has 376 valence electrons. The average molecular weight is 891 g/mol. The molecule has 0 aliphatic carbocycles. The molecule has 0 fully saturated rings. The van der Waals surface area contributed by atoms with Crippen LogP contribution in [0.3, 0.4) is 0 Å². The molecule has 0 aromatic rings. The number of allylic oxidation sites excluding steroid dienone is 2. The topological polar surface area (TPSA) is 89.8 Å². The van der Waals surface area contributed by atoms with Gasteiger partial charge in [0.05, 0.1) is 18.8 Å². The Hall–Kier alpha value is -0.910. The second-order valence-corrected chi connectivity index (χ2v) is 20.2. The average Bonchev–Trinajstić information content (AvgIpc) is 3.29. The van der Waals surface area contributed by atoms with Gasteiger partial charge in [-0.15, -0.1) is 0 Å². The highest BCUT2D eigenvalue weighted by Gasteiger charge is 2.26. The maximum atomic E-state index is 12.5. The number of nitrogens with one attached hydrogen (secondary N) is 1. The van der Waals surface area contributed by atoms with Crippen LogP contribution in [0.1, 0.15) is 328 Å². The van der Waals surface area contributed by atoms with Crippen LogP contribution in [-0.4, -0.2) is 46.1 Å². The van der Waals surface area contributed by atoms with Gasteiger partial charge in [0.1, 0.15) is 6.10 Å². The summed E-state index contributed by atoms with van der Waals surface area (Å²) in [5.74, 6) is -0.138. The highest BCUT2D eigenvalue weighted by Crippen LogP contribution is 2.18. The van der Waals surface area contributed by atoms with E-state index in [1.54, 1.807) is 0 Å². The summed E-state index contributed by atoms with van der Waals surface area (Å²) >= 11 is 0. The first-order valence-corrected chi connectivity index (χ1v) is 29.0.